The third kappa shape index (κ3) is 2.30. The van der Waals surface area contributed by atoms with E-state index in [2.05, 4.69) is 15.3 Å². The van der Waals surface area contributed by atoms with E-state index in [0.717, 1.165) is 0 Å². The van der Waals surface area contributed by atoms with Crippen LogP contribution in [0.4, 0.5) is 0 Å². The molecule has 82 valence electrons. The van der Waals surface area contributed by atoms with E-state index in [1.807, 2.05) is 0 Å². The van der Waals surface area contributed by atoms with Crippen LogP contribution < -0.4 is 10.1 Å². The molecule has 0 radical (unpaired) electrons. The van der Waals surface area contributed by atoms with Crippen LogP contribution in [-0.4, -0.2) is 35.4 Å². The Bertz CT molecular complexity index is 363. The predicted molar refractivity (Wildman–Crippen MR) is 56.1 cm³/mol. The highest BCUT2D eigenvalue weighted by Gasteiger charge is 2.30. The fourth-order valence-corrected chi connectivity index (χ4v) is 1.04. The number of ketones is 1. The van der Waals surface area contributed by atoms with Crippen LogP contribution in [0, 0.1) is 0 Å². The first kappa shape index (κ1) is 11.6. The molecule has 1 heterocycles. The van der Waals surface area contributed by atoms with E-state index in [1.54, 1.807) is 20.9 Å². The number of likely N-dealkylation sites (N-methyl/N-ethyl adjacent to an activating group) is 1. The van der Waals surface area contributed by atoms with Crippen molar-refractivity contribution in [3.63, 3.8) is 0 Å². The molecular formula is C10H15N3O2. The largest absolute Gasteiger partial charge is 0.479 e. The first-order chi connectivity index (χ1) is 7.03. The zero-order valence-electron chi connectivity index (χ0n) is 9.37. The molecule has 1 N–H and O–H groups in total. The molecule has 0 unspecified atom stereocenters. The van der Waals surface area contributed by atoms with Crippen LogP contribution in [0.2, 0.25) is 0 Å². The molecule has 0 atom stereocenters. The van der Waals surface area contributed by atoms with Gasteiger partial charge in [0, 0.05) is 12.4 Å². The second kappa shape index (κ2) is 4.35. The summed E-state index contributed by atoms with van der Waals surface area (Å²) >= 11 is 0. The molecule has 0 fully saturated rings. The summed E-state index contributed by atoms with van der Waals surface area (Å²) in [6.07, 6.45) is 2.96. The summed E-state index contributed by atoms with van der Waals surface area (Å²) in [5.74, 6) is 0.112. The van der Waals surface area contributed by atoms with Crippen molar-refractivity contribution in [2.24, 2.45) is 0 Å². The van der Waals surface area contributed by atoms with Crippen LogP contribution in [0.3, 0.4) is 0 Å². The van der Waals surface area contributed by atoms with Crippen molar-refractivity contribution in [3.8, 4) is 5.88 Å². The van der Waals surface area contributed by atoms with Crippen LogP contribution in [-0.2, 0) is 0 Å². The van der Waals surface area contributed by atoms with Crippen molar-refractivity contribution in [1.29, 1.82) is 0 Å². The second-order valence-corrected chi connectivity index (χ2v) is 3.62. The van der Waals surface area contributed by atoms with Crippen molar-refractivity contribution < 1.29 is 9.53 Å². The highest BCUT2D eigenvalue weighted by atomic mass is 16.5. The molecule has 0 aromatic carbocycles. The molecule has 0 saturated heterocycles. The molecule has 1 aromatic heterocycles. The lowest BCUT2D eigenvalue weighted by Crippen LogP contribution is -2.45. The number of ether oxygens (including phenoxy) is 1. The fraction of sp³-hybridized carbons (Fsp3) is 0.500. The number of hydrogen-bond donors (Lipinski definition) is 1. The molecule has 5 nitrogen and oxygen atoms in total. The van der Waals surface area contributed by atoms with Gasteiger partial charge in [0.1, 0.15) is 0 Å². The van der Waals surface area contributed by atoms with Gasteiger partial charge in [0.2, 0.25) is 11.7 Å². The van der Waals surface area contributed by atoms with Gasteiger partial charge in [0.15, 0.2) is 5.69 Å². The van der Waals surface area contributed by atoms with Crippen molar-refractivity contribution in [2.45, 2.75) is 19.4 Å². The van der Waals surface area contributed by atoms with E-state index >= 15 is 0 Å². The number of carbonyl (C=O) groups excluding carboxylic acids is 1. The van der Waals surface area contributed by atoms with E-state index in [4.69, 9.17) is 4.74 Å². The average molecular weight is 209 g/mol. The molecule has 0 aliphatic heterocycles. The highest BCUT2D eigenvalue weighted by molar-refractivity contribution is 6.02. The SMILES string of the molecule is CNC(C)(C)C(=O)c1nccnc1OC. The molecule has 0 saturated carbocycles. The van der Waals surface area contributed by atoms with Gasteiger partial charge in [-0.05, 0) is 20.9 Å². The van der Waals surface area contributed by atoms with E-state index in [0.29, 0.717) is 0 Å². The molecule has 0 aliphatic rings. The number of aromatic nitrogens is 2. The summed E-state index contributed by atoms with van der Waals surface area (Å²) in [5.41, 5.74) is -0.428. The molecule has 0 spiro atoms. The Morgan fingerprint density at radius 1 is 1.40 bits per heavy atom. The number of methoxy groups -OCH3 is 1. The van der Waals surface area contributed by atoms with Gasteiger partial charge in [0.05, 0.1) is 12.6 Å². The lowest BCUT2D eigenvalue weighted by Gasteiger charge is -2.21. The third-order valence-corrected chi connectivity index (χ3v) is 2.27. The van der Waals surface area contributed by atoms with Crippen molar-refractivity contribution in [1.82, 2.24) is 15.3 Å². The van der Waals surface area contributed by atoms with Gasteiger partial charge in [-0.3, -0.25) is 4.79 Å². The van der Waals surface area contributed by atoms with Crippen LogP contribution in [0.1, 0.15) is 24.3 Å². The van der Waals surface area contributed by atoms with Crippen molar-refractivity contribution >= 4 is 5.78 Å². The molecule has 1 aromatic rings. The minimum Gasteiger partial charge on any atom is -0.479 e. The van der Waals surface area contributed by atoms with Gasteiger partial charge in [-0.2, -0.15) is 0 Å². The van der Waals surface area contributed by atoms with Gasteiger partial charge in [-0.15, -0.1) is 0 Å². The molecule has 5 heteroatoms. The first-order valence-corrected chi connectivity index (χ1v) is 4.61. The van der Waals surface area contributed by atoms with Gasteiger partial charge in [0.25, 0.3) is 0 Å². The number of Topliss-reactive ketones (excluding diaryl/α,β-unsaturated/α-hetero) is 1. The number of nitrogens with one attached hydrogen (secondary N) is 1. The smallest absolute Gasteiger partial charge is 0.243 e. The Balaban J connectivity index is 3.11. The summed E-state index contributed by atoms with van der Waals surface area (Å²) in [7, 11) is 3.19. The molecular weight excluding hydrogens is 194 g/mol. The quantitative estimate of drug-likeness (QED) is 0.738. The molecule has 15 heavy (non-hydrogen) atoms. The normalized spacial score (nSPS) is 11.2. The monoisotopic (exact) mass is 209 g/mol. The van der Waals surface area contributed by atoms with Crippen LogP contribution >= 0.6 is 0 Å². The molecule has 0 aliphatic carbocycles. The summed E-state index contributed by atoms with van der Waals surface area (Å²) in [4.78, 5) is 20.0. The lowest BCUT2D eigenvalue weighted by molar-refractivity contribution is 0.0880. The van der Waals surface area contributed by atoms with E-state index in [1.165, 1.54) is 19.5 Å². The third-order valence-electron chi connectivity index (χ3n) is 2.27. The standard InChI is InChI=1S/C10H15N3O2/c1-10(2,11-3)8(14)7-9(15-4)13-6-5-12-7/h5-6,11H,1-4H3. The summed E-state index contributed by atoms with van der Waals surface area (Å²) < 4.78 is 4.98. The molecule has 1 rings (SSSR count). The Morgan fingerprint density at radius 2 is 2.00 bits per heavy atom. The van der Waals surface area contributed by atoms with E-state index < -0.39 is 5.54 Å². The van der Waals surface area contributed by atoms with Gasteiger partial charge in [-0.1, -0.05) is 0 Å². The summed E-state index contributed by atoms with van der Waals surface area (Å²) in [6.45, 7) is 3.56. The maximum atomic E-state index is 12.0. The second-order valence-electron chi connectivity index (χ2n) is 3.62. The zero-order chi connectivity index (χ0) is 11.5. The maximum Gasteiger partial charge on any atom is 0.243 e. The topological polar surface area (TPSA) is 64.1 Å². The summed E-state index contributed by atoms with van der Waals surface area (Å²) in [6, 6.07) is 0. The maximum absolute atomic E-state index is 12.0. The Labute approximate surface area is 88.9 Å². The zero-order valence-corrected chi connectivity index (χ0v) is 9.37. The van der Waals surface area contributed by atoms with E-state index in [9.17, 15) is 4.79 Å². The number of carbonyl (C=O) groups is 1. The first-order valence-electron chi connectivity index (χ1n) is 4.61. The minimum atomic E-state index is -0.677. The number of nitrogens with zero attached hydrogens (tertiary/aromatic N) is 2. The van der Waals surface area contributed by atoms with Crippen LogP contribution in [0.25, 0.3) is 0 Å². The van der Waals surface area contributed by atoms with Gasteiger partial charge < -0.3 is 10.1 Å². The van der Waals surface area contributed by atoms with Crippen LogP contribution in [0.15, 0.2) is 12.4 Å². The number of rotatable bonds is 4. The lowest BCUT2D eigenvalue weighted by atomic mass is 9.97. The minimum absolute atomic E-state index is 0.144. The predicted octanol–water partition coefficient (Wildman–Crippen LogP) is 0.666. The van der Waals surface area contributed by atoms with Crippen molar-refractivity contribution in [2.75, 3.05) is 14.2 Å². The highest BCUT2D eigenvalue weighted by Crippen LogP contribution is 2.17. The Kier molecular flexibility index (Phi) is 3.36. The molecule has 0 amide bonds. The number of hydrogen-bond acceptors (Lipinski definition) is 5. The van der Waals surface area contributed by atoms with Crippen molar-refractivity contribution in [3.05, 3.63) is 18.1 Å². The van der Waals surface area contributed by atoms with Crippen LogP contribution in [0.5, 0.6) is 5.88 Å². The van der Waals surface area contributed by atoms with Gasteiger partial charge >= 0.3 is 0 Å². The molecule has 0 bridgehead atoms. The summed E-state index contributed by atoms with van der Waals surface area (Å²) in [5, 5.41) is 2.92. The van der Waals surface area contributed by atoms with E-state index in [-0.39, 0.29) is 17.4 Å². The van der Waals surface area contributed by atoms with Gasteiger partial charge in [-0.25, -0.2) is 9.97 Å². The fourth-order valence-electron chi connectivity index (χ4n) is 1.04. The average Bonchev–Trinajstić information content (AvgIpc) is 2.28. The Morgan fingerprint density at radius 3 is 2.53 bits per heavy atom. The Hall–Kier alpha value is -1.49.